The lowest BCUT2D eigenvalue weighted by molar-refractivity contribution is 0.322. The smallest absolute Gasteiger partial charge is 0.222 e. The largest absolute Gasteiger partial charge is 0.489 e. The zero-order valence-electron chi connectivity index (χ0n) is 11.0. The van der Waals surface area contributed by atoms with Crippen LogP contribution in [-0.4, -0.2) is 16.6 Å². The molecule has 0 aliphatic rings. The summed E-state index contributed by atoms with van der Waals surface area (Å²) in [5.41, 5.74) is 11.5. The molecule has 1 aromatic heterocycles. The summed E-state index contributed by atoms with van der Waals surface area (Å²) in [7, 11) is 0. The molecule has 6 nitrogen and oxygen atoms in total. The van der Waals surface area contributed by atoms with Crippen molar-refractivity contribution in [3.05, 3.63) is 28.5 Å². The summed E-state index contributed by atoms with van der Waals surface area (Å²) in [6.07, 6.45) is 0. The molecule has 0 aliphatic heterocycles. The third-order valence-corrected chi connectivity index (χ3v) is 2.91. The number of ether oxygens (including phenoxy) is 1. The van der Waals surface area contributed by atoms with E-state index in [1.54, 1.807) is 6.92 Å². The van der Waals surface area contributed by atoms with Crippen LogP contribution in [0, 0.1) is 17.1 Å². The van der Waals surface area contributed by atoms with E-state index in [1.807, 2.05) is 6.07 Å². The van der Waals surface area contributed by atoms with Crippen LogP contribution < -0.4 is 16.2 Å². The quantitative estimate of drug-likeness (QED) is 0.900. The highest BCUT2D eigenvalue weighted by atomic mass is 35.5. The number of benzene rings is 1. The Labute approximate surface area is 125 Å². The lowest BCUT2D eigenvalue weighted by atomic mass is 10.1. The fraction of sp³-hybridized carbons (Fsp3) is 0.154. The Hall–Kier alpha value is -2.59. The zero-order valence-corrected chi connectivity index (χ0v) is 11.8. The minimum absolute atomic E-state index is 0.00354. The fourth-order valence-electron chi connectivity index (χ4n) is 1.79. The van der Waals surface area contributed by atoms with Crippen LogP contribution in [0.4, 0.5) is 16.2 Å². The topological polar surface area (TPSA) is 111 Å². The monoisotopic (exact) mass is 307 g/mol. The summed E-state index contributed by atoms with van der Waals surface area (Å²) >= 11 is 5.98. The second-order valence-corrected chi connectivity index (χ2v) is 4.41. The molecule has 1 heterocycles. The maximum absolute atomic E-state index is 14.0. The summed E-state index contributed by atoms with van der Waals surface area (Å²) in [5, 5.41) is 9.19. The normalized spacial score (nSPS) is 10.2. The van der Waals surface area contributed by atoms with Crippen molar-refractivity contribution in [2.45, 2.75) is 6.92 Å². The highest BCUT2D eigenvalue weighted by Gasteiger charge is 2.17. The van der Waals surface area contributed by atoms with Crippen LogP contribution in [0.15, 0.2) is 12.1 Å². The predicted molar refractivity (Wildman–Crippen MR) is 77.1 cm³/mol. The average molecular weight is 308 g/mol. The van der Waals surface area contributed by atoms with Gasteiger partial charge in [0.05, 0.1) is 17.3 Å². The molecule has 0 spiro atoms. The van der Waals surface area contributed by atoms with Gasteiger partial charge >= 0.3 is 0 Å². The number of nitrogens with two attached hydrogens (primary N) is 2. The lowest BCUT2D eigenvalue weighted by Gasteiger charge is -2.11. The molecule has 4 N–H and O–H groups in total. The maximum atomic E-state index is 14.0. The van der Waals surface area contributed by atoms with Crippen molar-refractivity contribution in [1.82, 2.24) is 9.97 Å². The lowest BCUT2D eigenvalue weighted by Crippen LogP contribution is -2.05. The molecule has 0 saturated carbocycles. The second kappa shape index (κ2) is 5.81. The standard InChI is InChI=1S/C13H11ClFN5O/c1-2-21-11-8(14)3-6(4-9(11)15)10-7(5-16)12(17)20-13(18)19-10/h3-4H,2H2,1H3,(H4,17,18,19,20). The molecule has 21 heavy (non-hydrogen) atoms. The van der Waals surface area contributed by atoms with Crippen molar-refractivity contribution in [2.24, 2.45) is 0 Å². The molecule has 0 radical (unpaired) electrons. The van der Waals surface area contributed by atoms with Gasteiger partial charge in [0.2, 0.25) is 5.95 Å². The van der Waals surface area contributed by atoms with Crippen molar-refractivity contribution < 1.29 is 9.13 Å². The van der Waals surface area contributed by atoms with Gasteiger partial charge < -0.3 is 16.2 Å². The molecule has 1 aromatic carbocycles. The molecule has 108 valence electrons. The summed E-state index contributed by atoms with van der Waals surface area (Å²) < 4.78 is 19.1. The SMILES string of the molecule is CCOc1c(F)cc(-c2nc(N)nc(N)c2C#N)cc1Cl. The zero-order chi connectivity index (χ0) is 15.6. The van der Waals surface area contributed by atoms with Gasteiger partial charge in [-0.3, -0.25) is 0 Å². The summed E-state index contributed by atoms with van der Waals surface area (Å²) in [4.78, 5) is 7.62. The summed E-state index contributed by atoms with van der Waals surface area (Å²) in [5.74, 6) is -0.923. The van der Waals surface area contributed by atoms with E-state index in [0.29, 0.717) is 0 Å². The third kappa shape index (κ3) is 2.80. The Morgan fingerprint density at radius 2 is 2.10 bits per heavy atom. The molecule has 0 amide bonds. The van der Waals surface area contributed by atoms with Crippen molar-refractivity contribution in [3.63, 3.8) is 0 Å². The highest BCUT2D eigenvalue weighted by molar-refractivity contribution is 6.32. The number of hydrogen-bond acceptors (Lipinski definition) is 6. The van der Waals surface area contributed by atoms with E-state index in [1.165, 1.54) is 6.07 Å². The van der Waals surface area contributed by atoms with Crippen molar-refractivity contribution >= 4 is 23.4 Å². The van der Waals surface area contributed by atoms with Gasteiger partial charge in [-0.05, 0) is 19.1 Å². The highest BCUT2D eigenvalue weighted by Crippen LogP contribution is 2.34. The molecule has 0 bridgehead atoms. The Morgan fingerprint density at radius 1 is 1.38 bits per heavy atom. The van der Waals surface area contributed by atoms with Gasteiger partial charge in [-0.2, -0.15) is 10.2 Å². The Balaban J connectivity index is 2.66. The van der Waals surface area contributed by atoms with E-state index >= 15 is 0 Å². The predicted octanol–water partition coefficient (Wildman–Crippen LogP) is 2.37. The van der Waals surface area contributed by atoms with E-state index in [4.69, 9.17) is 33.1 Å². The average Bonchev–Trinajstić information content (AvgIpc) is 2.42. The van der Waals surface area contributed by atoms with Crippen LogP contribution in [0.1, 0.15) is 12.5 Å². The van der Waals surface area contributed by atoms with Crippen LogP contribution in [0.5, 0.6) is 5.75 Å². The number of nitrogen functional groups attached to an aromatic ring is 2. The van der Waals surface area contributed by atoms with Gasteiger partial charge in [0.15, 0.2) is 11.6 Å². The van der Waals surface area contributed by atoms with Gasteiger partial charge in [0.25, 0.3) is 0 Å². The maximum Gasteiger partial charge on any atom is 0.222 e. The van der Waals surface area contributed by atoms with E-state index in [0.717, 1.165) is 6.07 Å². The Bertz CT molecular complexity index is 721. The van der Waals surface area contributed by atoms with Crippen LogP contribution in [0.25, 0.3) is 11.3 Å². The van der Waals surface area contributed by atoms with E-state index in [9.17, 15) is 4.39 Å². The number of halogens is 2. The molecule has 0 fully saturated rings. The van der Waals surface area contributed by atoms with Crippen molar-refractivity contribution in [1.29, 1.82) is 5.26 Å². The number of hydrogen-bond donors (Lipinski definition) is 2. The number of aromatic nitrogens is 2. The number of nitrogens with zero attached hydrogens (tertiary/aromatic N) is 3. The molecule has 0 atom stereocenters. The van der Waals surface area contributed by atoms with E-state index in [-0.39, 0.29) is 46.0 Å². The van der Waals surface area contributed by atoms with Gasteiger partial charge in [-0.25, -0.2) is 9.37 Å². The van der Waals surface area contributed by atoms with Crippen molar-refractivity contribution in [2.75, 3.05) is 18.1 Å². The third-order valence-electron chi connectivity index (χ3n) is 2.63. The Kier molecular flexibility index (Phi) is 4.10. The number of anilines is 2. The van der Waals surface area contributed by atoms with Crippen molar-refractivity contribution in [3.8, 4) is 23.1 Å². The molecule has 2 rings (SSSR count). The first kappa shape index (κ1) is 14.8. The van der Waals surface area contributed by atoms with E-state index < -0.39 is 5.82 Å². The molecular formula is C13H11ClFN5O. The first-order valence-corrected chi connectivity index (χ1v) is 6.31. The van der Waals surface area contributed by atoms with Crippen LogP contribution >= 0.6 is 11.6 Å². The fourth-order valence-corrected chi connectivity index (χ4v) is 2.06. The summed E-state index contributed by atoms with van der Waals surface area (Å²) in [6.45, 7) is 1.98. The molecule has 2 aromatic rings. The van der Waals surface area contributed by atoms with Gasteiger partial charge in [-0.1, -0.05) is 11.6 Å². The van der Waals surface area contributed by atoms with E-state index in [2.05, 4.69) is 9.97 Å². The van der Waals surface area contributed by atoms with Gasteiger partial charge in [0, 0.05) is 5.56 Å². The Morgan fingerprint density at radius 3 is 2.67 bits per heavy atom. The second-order valence-electron chi connectivity index (χ2n) is 4.00. The molecule has 0 aliphatic carbocycles. The van der Waals surface area contributed by atoms with Crippen LogP contribution in [0.2, 0.25) is 5.02 Å². The summed E-state index contributed by atoms with van der Waals surface area (Å²) in [6, 6.07) is 4.45. The minimum atomic E-state index is -0.668. The van der Waals surface area contributed by atoms with Gasteiger partial charge in [0.1, 0.15) is 17.5 Å². The minimum Gasteiger partial charge on any atom is -0.489 e. The molecule has 0 saturated heterocycles. The first-order chi connectivity index (χ1) is 9.97. The number of rotatable bonds is 3. The van der Waals surface area contributed by atoms with Crippen LogP contribution in [-0.2, 0) is 0 Å². The molecular weight excluding hydrogens is 297 g/mol. The first-order valence-electron chi connectivity index (χ1n) is 5.93. The van der Waals surface area contributed by atoms with Gasteiger partial charge in [-0.15, -0.1) is 0 Å². The molecule has 0 unspecified atom stereocenters. The number of nitriles is 1. The van der Waals surface area contributed by atoms with Crippen LogP contribution in [0.3, 0.4) is 0 Å². The molecule has 8 heteroatoms.